The Morgan fingerprint density at radius 1 is 1.24 bits per heavy atom. The number of benzene rings is 1. The van der Waals surface area contributed by atoms with Gasteiger partial charge in [-0.3, -0.25) is 9.59 Å². The van der Waals surface area contributed by atoms with Gasteiger partial charge in [0.15, 0.2) is 0 Å². The predicted molar refractivity (Wildman–Crippen MR) is 76.8 cm³/mol. The first-order chi connectivity index (χ1) is 9.79. The van der Waals surface area contributed by atoms with Crippen LogP contribution in [0.3, 0.4) is 0 Å². The Morgan fingerprint density at radius 3 is 2.43 bits per heavy atom. The number of hydrogen-bond donors (Lipinski definition) is 3. The van der Waals surface area contributed by atoms with E-state index in [4.69, 9.17) is 10.2 Å². The molecule has 0 heterocycles. The molecule has 0 aliphatic rings. The topological polar surface area (TPSA) is 104 Å². The summed E-state index contributed by atoms with van der Waals surface area (Å²) < 4.78 is 0. The maximum atomic E-state index is 11.6. The molecule has 1 aromatic rings. The van der Waals surface area contributed by atoms with E-state index in [0.717, 1.165) is 16.7 Å². The molecule has 1 unspecified atom stereocenters. The normalized spacial score (nSPS) is 12.1. The zero-order valence-corrected chi connectivity index (χ0v) is 11.8. The van der Waals surface area contributed by atoms with Gasteiger partial charge in [-0.2, -0.15) is 0 Å². The van der Waals surface area contributed by atoms with Crippen LogP contribution in [-0.2, 0) is 14.4 Å². The van der Waals surface area contributed by atoms with E-state index in [0.29, 0.717) is 0 Å². The standard InChI is InChI=1S/C15H17NO5/c1-9-3-4-11(10(2)7-9)5-6-13(17)16-12(15(20)21)8-14(18)19/h3-7,12H,8H2,1-2H3,(H,16,17)(H,18,19)(H,20,21)/b6-5+. The van der Waals surface area contributed by atoms with E-state index in [1.807, 2.05) is 32.0 Å². The summed E-state index contributed by atoms with van der Waals surface area (Å²) in [7, 11) is 0. The molecule has 1 atom stereocenters. The number of nitrogens with one attached hydrogen (secondary N) is 1. The van der Waals surface area contributed by atoms with Gasteiger partial charge in [-0.25, -0.2) is 4.79 Å². The van der Waals surface area contributed by atoms with E-state index < -0.39 is 30.3 Å². The maximum absolute atomic E-state index is 11.6. The molecule has 0 aliphatic carbocycles. The van der Waals surface area contributed by atoms with Crippen molar-refractivity contribution in [3.05, 3.63) is 41.0 Å². The second-order valence-electron chi connectivity index (χ2n) is 4.69. The number of carboxylic acid groups (broad SMARTS) is 2. The summed E-state index contributed by atoms with van der Waals surface area (Å²) >= 11 is 0. The van der Waals surface area contributed by atoms with Crippen LogP contribution in [0.2, 0.25) is 0 Å². The lowest BCUT2D eigenvalue weighted by atomic mass is 10.1. The summed E-state index contributed by atoms with van der Waals surface area (Å²) in [5, 5.41) is 19.6. The molecule has 0 spiro atoms. The summed E-state index contributed by atoms with van der Waals surface area (Å²) in [6.07, 6.45) is 2.08. The van der Waals surface area contributed by atoms with E-state index in [1.54, 1.807) is 6.08 Å². The molecule has 3 N–H and O–H groups in total. The number of carbonyl (C=O) groups is 3. The minimum Gasteiger partial charge on any atom is -0.481 e. The third-order valence-corrected chi connectivity index (χ3v) is 2.83. The Bertz CT molecular complexity index is 592. The van der Waals surface area contributed by atoms with Gasteiger partial charge in [-0.15, -0.1) is 0 Å². The van der Waals surface area contributed by atoms with E-state index in [2.05, 4.69) is 5.32 Å². The lowest BCUT2D eigenvalue weighted by molar-refractivity contribution is -0.146. The number of amides is 1. The molecule has 0 bridgehead atoms. The number of rotatable bonds is 6. The van der Waals surface area contributed by atoms with Crippen LogP contribution in [0.1, 0.15) is 23.1 Å². The lowest BCUT2D eigenvalue weighted by Gasteiger charge is -2.10. The third kappa shape index (κ3) is 5.48. The van der Waals surface area contributed by atoms with Crippen LogP contribution in [0, 0.1) is 13.8 Å². The number of carbonyl (C=O) groups excluding carboxylic acids is 1. The zero-order chi connectivity index (χ0) is 16.0. The highest BCUT2D eigenvalue weighted by molar-refractivity contribution is 5.95. The van der Waals surface area contributed by atoms with Crippen LogP contribution >= 0.6 is 0 Å². The van der Waals surface area contributed by atoms with Crippen LogP contribution < -0.4 is 5.32 Å². The summed E-state index contributed by atoms with van der Waals surface area (Å²) in [6, 6.07) is 4.26. The fourth-order valence-electron chi connectivity index (χ4n) is 1.77. The van der Waals surface area contributed by atoms with Crippen molar-refractivity contribution in [2.24, 2.45) is 0 Å². The maximum Gasteiger partial charge on any atom is 0.326 e. The molecule has 1 amide bonds. The van der Waals surface area contributed by atoms with Crippen molar-refractivity contribution in [3.8, 4) is 0 Å². The van der Waals surface area contributed by atoms with Crippen LogP contribution in [-0.4, -0.2) is 34.1 Å². The minimum atomic E-state index is -1.45. The second-order valence-corrected chi connectivity index (χ2v) is 4.69. The molecule has 1 rings (SSSR count). The monoisotopic (exact) mass is 291 g/mol. The number of aliphatic carboxylic acids is 2. The molecule has 21 heavy (non-hydrogen) atoms. The molecular weight excluding hydrogens is 274 g/mol. The first-order valence-electron chi connectivity index (χ1n) is 6.30. The van der Waals surface area contributed by atoms with Crippen molar-refractivity contribution in [2.45, 2.75) is 26.3 Å². The van der Waals surface area contributed by atoms with Gasteiger partial charge in [-0.05, 0) is 31.1 Å². The molecule has 6 nitrogen and oxygen atoms in total. The Balaban J connectivity index is 2.73. The first-order valence-corrected chi connectivity index (χ1v) is 6.30. The molecule has 0 aromatic heterocycles. The number of aryl methyl sites for hydroxylation is 2. The molecule has 0 radical (unpaired) electrons. The van der Waals surface area contributed by atoms with Gasteiger partial charge >= 0.3 is 11.9 Å². The SMILES string of the molecule is Cc1ccc(/C=C/C(=O)NC(CC(=O)O)C(=O)O)c(C)c1. The molecular formula is C15H17NO5. The van der Waals surface area contributed by atoms with Crippen LogP contribution in [0.4, 0.5) is 0 Å². The Kier molecular flexibility index (Phi) is 5.66. The average Bonchev–Trinajstić information content (AvgIpc) is 2.36. The van der Waals surface area contributed by atoms with E-state index in [1.165, 1.54) is 6.08 Å². The Hall–Kier alpha value is -2.63. The summed E-state index contributed by atoms with van der Waals surface area (Å²) in [4.78, 5) is 33.0. The van der Waals surface area contributed by atoms with Gasteiger partial charge in [0.25, 0.3) is 0 Å². The average molecular weight is 291 g/mol. The smallest absolute Gasteiger partial charge is 0.326 e. The third-order valence-electron chi connectivity index (χ3n) is 2.83. The molecule has 0 saturated carbocycles. The highest BCUT2D eigenvalue weighted by Gasteiger charge is 2.21. The lowest BCUT2D eigenvalue weighted by Crippen LogP contribution is -2.41. The van der Waals surface area contributed by atoms with Crippen molar-refractivity contribution in [2.75, 3.05) is 0 Å². The quantitative estimate of drug-likeness (QED) is 0.687. The summed E-state index contributed by atoms with van der Waals surface area (Å²) in [6.45, 7) is 3.85. The van der Waals surface area contributed by atoms with Gasteiger partial charge in [0, 0.05) is 6.08 Å². The predicted octanol–water partition coefficient (Wildman–Crippen LogP) is 1.36. The van der Waals surface area contributed by atoms with Gasteiger partial charge < -0.3 is 15.5 Å². The molecule has 0 aliphatic heterocycles. The van der Waals surface area contributed by atoms with Crippen molar-refractivity contribution in [1.29, 1.82) is 0 Å². The Labute approximate surface area is 122 Å². The van der Waals surface area contributed by atoms with Gasteiger partial charge in [0.2, 0.25) is 5.91 Å². The number of carboxylic acids is 2. The first kappa shape index (κ1) is 16.4. The van der Waals surface area contributed by atoms with Gasteiger partial charge in [0.1, 0.15) is 6.04 Å². The molecule has 0 saturated heterocycles. The van der Waals surface area contributed by atoms with Crippen molar-refractivity contribution in [1.82, 2.24) is 5.32 Å². The summed E-state index contributed by atoms with van der Waals surface area (Å²) in [5.74, 6) is -3.32. The van der Waals surface area contributed by atoms with Crippen LogP contribution in [0.15, 0.2) is 24.3 Å². The molecule has 6 heteroatoms. The van der Waals surface area contributed by atoms with E-state index in [-0.39, 0.29) is 0 Å². The zero-order valence-electron chi connectivity index (χ0n) is 11.8. The highest BCUT2D eigenvalue weighted by Crippen LogP contribution is 2.12. The van der Waals surface area contributed by atoms with Crippen LogP contribution in [0.5, 0.6) is 0 Å². The number of hydrogen-bond acceptors (Lipinski definition) is 3. The molecule has 0 fully saturated rings. The van der Waals surface area contributed by atoms with E-state index in [9.17, 15) is 14.4 Å². The minimum absolute atomic E-state index is 0.649. The highest BCUT2D eigenvalue weighted by atomic mass is 16.4. The van der Waals surface area contributed by atoms with Gasteiger partial charge in [0.05, 0.1) is 6.42 Å². The van der Waals surface area contributed by atoms with Crippen molar-refractivity contribution in [3.63, 3.8) is 0 Å². The van der Waals surface area contributed by atoms with Crippen LogP contribution in [0.25, 0.3) is 6.08 Å². The van der Waals surface area contributed by atoms with Crippen molar-refractivity contribution < 1.29 is 24.6 Å². The summed E-state index contributed by atoms with van der Waals surface area (Å²) in [5.41, 5.74) is 2.92. The Morgan fingerprint density at radius 2 is 1.90 bits per heavy atom. The fourth-order valence-corrected chi connectivity index (χ4v) is 1.77. The largest absolute Gasteiger partial charge is 0.481 e. The fraction of sp³-hybridized carbons (Fsp3) is 0.267. The molecule has 112 valence electrons. The second kappa shape index (κ2) is 7.23. The van der Waals surface area contributed by atoms with Gasteiger partial charge in [-0.1, -0.05) is 23.8 Å². The van der Waals surface area contributed by atoms with E-state index >= 15 is 0 Å². The van der Waals surface area contributed by atoms with Crippen molar-refractivity contribution >= 4 is 23.9 Å². The molecule has 1 aromatic carbocycles.